The molecule has 0 amide bonds. The highest BCUT2D eigenvalue weighted by Gasteiger charge is 2.52. The van der Waals surface area contributed by atoms with E-state index >= 15 is 0 Å². The van der Waals surface area contributed by atoms with Crippen molar-refractivity contribution in [1.29, 1.82) is 0 Å². The molecule has 1 aromatic rings. The molecule has 1 saturated heterocycles. The predicted octanol–water partition coefficient (Wildman–Crippen LogP) is 1.51. The summed E-state index contributed by atoms with van der Waals surface area (Å²) >= 11 is 0. The molecule has 0 bridgehead atoms. The number of carbonyl (C=O) groups excluding carboxylic acids is 1. The lowest BCUT2D eigenvalue weighted by molar-refractivity contribution is 0.00578. The first kappa shape index (κ1) is 14.9. The van der Waals surface area contributed by atoms with Crippen molar-refractivity contribution in [3.8, 4) is 11.5 Å². The summed E-state index contributed by atoms with van der Waals surface area (Å²) < 4.78 is 17.1. The fourth-order valence-electron chi connectivity index (χ4n) is 2.10. The number of hydrogen-bond donors (Lipinski definition) is 1. The first-order chi connectivity index (χ1) is 9.23. The molecule has 1 N–H and O–H groups in total. The van der Waals surface area contributed by atoms with Crippen molar-refractivity contribution in [2.75, 3.05) is 7.11 Å². The predicted molar refractivity (Wildman–Crippen MR) is 75.8 cm³/mol. The van der Waals surface area contributed by atoms with Crippen LogP contribution in [0, 0.1) is 0 Å². The van der Waals surface area contributed by atoms with E-state index in [9.17, 15) is 9.90 Å². The van der Waals surface area contributed by atoms with Crippen LogP contribution in [0.15, 0.2) is 12.1 Å². The fourth-order valence-corrected chi connectivity index (χ4v) is 2.10. The van der Waals surface area contributed by atoms with Gasteiger partial charge in [0, 0.05) is 5.46 Å². The number of benzene rings is 1. The van der Waals surface area contributed by atoms with Crippen LogP contribution >= 0.6 is 0 Å². The fraction of sp³-hybridized carbons (Fsp3) is 0.500. The molecule has 0 aliphatic carbocycles. The van der Waals surface area contributed by atoms with E-state index in [4.69, 9.17) is 14.0 Å². The van der Waals surface area contributed by atoms with Crippen LogP contribution in [0.25, 0.3) is 0 Å². The Morgan fingerprint density at radius 1 is 1.20 bits per heavy atom. The third kappa shape index (κ3) is 2.19. The summed E-state index contributed by atoms with van der Waals surface area (Å²) in [4.78, 5) is 11.1. The van der Waals surface area contributed by atoms with E-state index < -0.39 is 18.3 Å². The van der Waals surface area contributed by atoms with Crippen LogP contribution in [0.3, 0.4) is 0 Å². The molecule has 1 heterocycles. The van der Waals surface area contributed by atoms with Gasteiger partial charge in [0.25, 0.3) is 0 Å². The number of aromatic hydroxyl groups is 1. The van der Waals surface area contributed by atoms with E-state index in [1.165, 1.54) is 13.2 Å². The average Bonchev–Trinajstić information content (AvgIpc) is 2.57. The van der Waals surface area contributed by atoms with Gasteiger partial charge in [0.15, 0.2) is 6.29 Å². The topological polar surface area (TPSA) is 65.0 Å². The Hall–Kier alpha value is -1.53. The number of rotatable bonds is 3. The first-order valence-electron chi connectivity index (χ1n) is 6.44. The van der Waals surface area contributed by atoms with Crippen molar-refractivity contribution in [3.05, 3.63) is 17.7 Å². The lowest BCUT2D eigenvalue weighted by Crippen LogP contribution is -2.41. The van der Waals surface area contributed by atoms with Crippen molar-refractivity contribution in [3.63, 3.8) is 0 Å². The van der Waals surface area contributed by atoms with Gasteiger partial charge in [-0.1, -0.05) is 6.07 Å². The molecule has 108 valence electrons. The van der Waals surface area contributed by atoms with Gasteiger partial charge in [0.05, 0.1) is 23.9 Å². The van der Waals surface area contributed by atoms with Gasteiger partial charge in [-0.05, 0) is 33.8 Å². The molecule has 0 spiro atoms. The summed E-state index contributed by atoms with van der Waals surface area (Å²) in [6.45, 7) is 7.78. The van der Waals surface area contributed by atoms with E-state index in [2.05, 4.69) is 0 Å². The zero-order chi connectivity index (χ0) is 15.1. The van der Waals surface area contributed by atoms with E-state index in [1.807, 2.05) is 27.7 Å². The van der Waals surface area contributed by atoms with Gasteiger partial charge >= 0.3 is 7.12 Å². The van der Waals surface area contributed by atoms with Crippen LogP contribution in [0.2, 0.25) is 0 Å². The Labute approximate surface area is 119 Å². The molecule has 1 aliphatic rings. The van der Waals surface area contributed by atoms with Gasteiger partial charge < -0.3 is 19.2 Å². The van der Waals surface area contributed by atoms with Gasteiger partial charge in [0.1, 0.15) is 11.5 Å². The Kier molecular flexibility index (Phi) is 3.56. The van der Waals surface area contributed by atoms with Gasteiger partial charge in [-0.15, -0.1) is 0 Å². The second-order valence-corrected chi connectivity index (χ2v) is 5.83. The molecule has 1 aromatic carbocycles. The third-order valence-corrected chi connectivity index (χ3v) is 4.03. The minimum absolute atomic E-state index is 0.0970. The standard InChI is InChI=1S/C14H19BO5/c1-13(2)14(3,4)20-15(19-13)10-6-7-11(17)9(8-16)12(10)18-5/h6-8,17H,1-5H3. The van der Waals surface area contributed by atoms with E-state index in [0.717, 1.165) is 0 Å². The highest BCUT2D eigenvalue weighted by molar-refractivity contribution is 6.63. The van der Waals surface area contributed by atoms with Crippen LogP contribution in [0.4, 0.5) is 0 Å². The highest BCUT2D eigenvalue weighted by atomic mass is 16.7. The van der Waals surface area contributed by atoms with Crippen molar-refractivity contribution in [2.24, 2.45) is 0 Å². The molecule has 1 aliphatic heterocycles. The Balaban J connectivity index is 2.48. The zero-order valence-corrected chi connectivity index (χ0v) is 12.4. The number of hydrogen-bond acceptors (Lipinski definition) is 5. The highest BCUT2D eigenvalue weighted by Crippen LogP contribution is 2.38. The number of phenolic OH excluding ortho intramolecular Hbond substituents is 1. The molecule has 0 atom stereocenters. The molecular formula is C14H19BO5. The lowest BCUT2D eigenvalue weighted by atomic mass is 9.77. The maximum absolute atomic E-state index is 11.1. The van der Waals surface area contributed by atoms with E-state index in [-0.39, 0.29) is 17.1 Å². The van der Waals surface area contributed by atoms with Gasteiger partial charge in [-0.2, -0.15) is 0 Å². The van der Waals surface area contributed by atoms with Crippen LogP contribution in [0.1, 0.15) is 38.1 Å². The molecule has 2 rings (SSSR count). The Bertz CT molecular complexity index is 523. The molecule has 0 radical (unpaired) electrons. The minimum Gasteiger partial charge on any atom is -0.507 e. The smallest absolute Gasteiger partial charge is 0.498 e. The maximum Gasteiger partial charge on any atom is 0.498 e. The molecule has 0 saturated carbocycles. The second-order valence-electron chi connectivity index (χ2n) is 5.83. The first-order valence-corrected chi connectivity index (χ1v) is 6.44. The Morgan fingerprint density at radius 2 is 1.75 bits per heavy atom. The zero-order valence-electron chi connectivity index (χ0n) is 12.4. The summed E-state index contributed by atoms with van der Waals surface area (Å²) in [5.74, 6) is 0.149. The normalized spacial score (nSPS) is 19.9. The number of carbonyl (C=O) groups is 1. The summed E-state index contributed by atoms with van der Waals surface area (Å²) in [5, 5.41) is 9.70. The molecule has 6 heteroatoms. The van der Waals surface area contributed by atoms with E-state index in [0.29, 0.717) is 11.7 Å². The number of phenols is 1. The van der Waals surface area contributed by atoms with Crippen LogP contribution in [-0.2, 0) is 9.31 Å². The second kappa shape index (κ2) is 4.79. The van der Waals surface area contributed by atoms with Crippen molar-refractivity contribution < 1.29 is 23.9 Å². The van der Waals surface area contributed by atoms with Gasteiger partial charge in [0.2, 0.25) is 0 Å². The molecule has 5 nitrogen and oxygen atoms in total. The quantitative estimate of drug-likeness (QED) is 0.670. The maximum atomic E-state index is 11.1. The van der Waals surface area contributed by atoms with E-state index in [1.54, 1.807) is 6.07 Å². The van der Waals surface area contributed by atoms with Gasteiger partial charge in [-0.3, -0.25) is 4.79 Å². The minimum atomic E-state index is -0.644. The largest absolute Gasteiger partial charge is 0.507 e. The monoisotopic (exact) mass is 278 g/mol. The van der Waals surface area contributed by atoms with Crippen molar-refractivity contribution in [1.82, 2.24) is 0 Å². The molecule has 1 fully saturated rings. The summed E-state index contributed by atoms with van der Waals surface area (Å²) in [6, 6.07) is 3.08. The summed E-state index contributed by atoms with van der Waals surface area (Å²) in [7, 11) is 0.797. The molecule has 20 heavy (non-hydrogen) atoms. The molecule has 0 unspecified atom stereocenters. The van der Waals surface area contributed by atoms with Crippen LogP contribution < -0.4 is 10.2 Å². The number of methoxy groups -OCH3 is 1. The molecule has 0 aromatic heterocycles. The molecular weight excluding hydrogens is 259 g/mol. The summed E-state index contributed by atoms with van der Waals surface area (Å²) in [5.41, 5.74) is -0.283. The average molecular weight is 278 g/mol. The van der Waals surface area contributed by atoms with Crippen LogP contribution in [-0.4, -0.2) is 36.8 Å². The lowest BCUT2D eigenvalue weighted by Gasteiger charge is -2.32. The Morgan fingerprint density at radius 3 is 2.20 bits per heavy atom. The number of aldehydes is 1. The van der Waals surface area contributed by atoms with Crippen LogP contribution in [0.5, 0.6) is 11.5 Å². The van der Waals surface area contributed by atoms with Crippen molar-refractivity contribution >= 4 is 18.9 Å². The number of ether oxygens (including phenoxy) is 1. The van der Waals surface area contributed by atoms with Gasteiger partial charge in [-0.25, -0.2) is 0 Å². The SMILES string of the molecule is COc1c(B2OC(C)(C)C(C)(C)O2)ccc(O)c1C=O. The van der Waals surface area contributed by atoms with Crippen molar-refractivity contribution in [2.45, 2.75) is 38.9 Å². The third-order valence-electron chi connectivity index (χ3n) is 4.03. The summed E-state index contributed by atoms with van der Waals surface area (Å²) in [6.07, 6.45) is 0.558.